The molecule has 7 heteroatoms. The molecule has 0 aliphatic heterocycles. The van der Waals surface area contributed by atoms with Gasteiger partial charge in [0, 0.05) is 29.3 Å². The summed E-state index contributed by atoms with van der Waals surface area (Å²) in [6, 6.07) is 22.6. The molecule has 2 saturated carbocycles. The third-order valence-electron chi connectivity index (χ3n) is 6.73. The molecular weight excluding hydrogens is 470 g/mol. The van der Waals surface area contributed by atoms with E-state index < -0.39 is 5.41 Å². The standard InChI is InChI=1S/C29H23N3O3S/c30-17-29(11-12-29)20-4-1-3-19(13-20)28(34)31-21-5-2-6-22(14-21)35-23-9-10-24-26(15-23)36-27(32-24)16-25(33)18-7-8-18/h1-6,9-10,13-15,18H,7-8,11-12,16H2,(H,31,34). The first kappa shape index (κ1) is 22.4. The van der Waals surface area contributed by atoms with Crippen LogP contribution in [0.15, 0.2) is 66.7 Å². The average Bonchev–Trinajstić information content (AvgIpc) is 3.81. The van der Waals surface area contributed by atoms with Crippen LogP contribution in [0, 0.1) is 17.2 Å². The van der Waals surface area contributed by atoms with Crippen LogP contribution in [0.3, 0.4) is 0 Å². The molecule has 1 amide bonds. The SMILES string of the molecule is N#CC1(c2cccc(C(=O)Nc3cccc(Oc4ccc5nc(CC(=O)C6CC6)sc5c4)c3)c2)CC1. The Morgan fingerprint density at radius 3 is 2.64 bits per heavy atom. The lowest BCUT2D eigenvalue weighted by Crippen LogP contribution is -2.13. The van der Waals surface area contributed by atoms with Crippen LogP contribution in [-0.4, -0.2) is 16.7 Å². The van der Waals surface area contributed by atoms with E-state index in [0.29, 0.717) is 29.2 Å². The van der Waals surface area contributed by atoms with Crippen LogP contribution in [-0.2, 0) is 16.6 Å². The van der Waals surface area contributed by atoms with E-state index in [9.17, 15) is 14.9 Å². The molecule has 3 aromatic carbocycles. The number of amides is 1. The number of anilines is 1. The third kappa shape index (κ3) is 4.60. The number of carbonyl (C=O) groups excluding carboxylic acids is 2. The van der Waals surface area contributed by atoms with E-state index >= 15 is 0 Å². The van der Waals surface area contributed by atoms with Crippen molar-refractivity contribution in [2.75, 3.05) is 5.32 Å². The van der Waals surface area contributed by atoms with Gasteiger partial charge in [0.15, 0.2) is 0 Å². The normalized spacial score (nSPS) is 15.8. The molecule has 1 heterocycles. The fraction of sp³-hybridized carbons (Fsp3) is 0.241. The second-order valence-electron chi connectivity index (χ2n) is 9.51. The molecule has 6 nitrogen and oxygen atoms in total. The highest BCUT2D eigenvalue weighted by atomic mass is 32.1. The lowest BCUT2D eigenvalue weighted by molar-refractivity contribution is -0.119. The number of benzene rings is 3. The smallest absolute Gasteiger partial charge is 0.255 e. The van der Waals surface area contributed by atoms with E-state index in [-0.39, 0.29) is 17.6 Å². The Morgan fingerprint density at radius 1 is 1.06 bits per heavy atom. The fourth-order valence-corrected chi connectivity index (χ4v) is 5.32. The number of nitrogens with zero attached hydrogens (tertiary/aromatic N) is 2. The van der Waals surface area contributed by atoms with Crippen LogP contribution < -0.4 is 10.1 Å². The second kappa shape index (κ2) is 8.89. The van der Waals surface area contributed by atoms with Crippen molar-refractivity contribution in [3.05, 3.63) is 82.9 Å². The number of fused-ring (bicyclic) bond motifs is 1. The number of hydrogen-bond donors (Lipinski definition) is 1. The summed E-state index contributed by atoms with van der Waals surface area (Å²) in [5.74, 6) is 1.54. The maximum Gasteiger partial charge on any atom is 0.255 e. The maximum atomic E-state index is 12.9. The van der Waals surface area contributed by atoms with Crippen LogP contribution in [0.25, 0.3) is 10.2 Å². The van der Waals surface area contributed by atoms with Gasteiger partial charge in [-0.2, -0.15) is 5.26 Å². The second-order valence-corrected chi connectivity index (χ2v) is 10.6. The van der Waals surface area contributed by atoms with Crippen molar-refractivity contribution < 1.29 is 14.3 Å². The molecule has 2 aliphatic rings. The van der Waals surface area contributed by atoms with E-state index in [1.165, 1.54) is 11.3 Å². The zero-order valence-electron chi connectivity index (χ0n) is 19.5. The van der Waals surface area contributed by atoms with Crippen molar-refractivity contribution in [3.8, 4) is 17.6 Å². The molecular formula is C29H23N3O3S. The van der Waals surface area contributed by atoms with Crippen LogP contribution >= 0.6 is 11.3 Å². The van der Waals surface area contributed by atoms with E-state index in [0.717, 1.165) is 46.5 Å². The minimum absolute atomic E-state index is 0.234. The molecule has 0 atom stereocenters. The Kier molecular flexibility index (Phi) is 5.54. The van der Waals surface area contributed by atoms with E-state index in [2.05, 4.69) is 16.4 Å². The number of Topliss-reactive ketones (excluding diaryl/α,β-unsaturated/α-hetero) is 1. The molecule has 0 spiro atoms. The first-order valence-corrected chi connectivity index (χ1v) is 12.9. The molecule has 0 saturated heterocycles. The first-order chi connectivity index (χ1) is 17.5. The Balaban J connectivity index is 1.15. The lowest BCUT2D eigenvalue weighted by Gasteiger charge is -2.11. The molecule has 178 valence electrons. The predicted octanol–water partition coefficient (Wildman–Crippen LogP) is 6.42. The predicted molar refractivity (Wildman–Crippen MR) is 138 cm³/mol. The van der Waals surface area contributed by atoms with Crippen molar-refractivity contribution >= 4 is 38.9 Å². The topological polar surface area (TPSA) is 92.1 Å². The van der Waals surface area contributed by atoms with Crippen molar-refractivity contribution in [3.63, 3.8) is 0 Å². The first-order valence-electron chi connectivity index (χ1n) is 12.0. The quantitative estimate of drug-likeness (QED) is 0.306. The molecule has 0 unspecified atom stereocenters. The molecule has 4 aromatic rings. The summed E-state index contributed by atoms with van der Waals surface area (Å²) >= 11 is 1.52. The highest BCUT2D eigenvalue weighted by Crippen LogP contribution is 2.47. The number of carbonyl (C=O) groups is 2. The Bertz CT molecular complexity index is 1540. The summed E-state index contributed by atoms with van der Waals surface area (Å²) in [4.78, 5) is 29.6. The monoisotopic (exact) mass is 493 g/mol. The summed E-state index contributed by atoms with van der Waals surface area (Å²) in [7, 11) is 0. The highest BCUT2D eigenvalue weighted by molar-refractivity contribution is 7.18. The van der Waals surface area contributed by atoms with Gasteiger partial charge in [0.25, 0.3) is 5.91 Å². The molecule has 36 heavy (non-hydrogen) atoms. The number of ether oxygens (including phenoxy) is 1. The minimum atomic E-state index is -0.434. The van der Waals surface area contributed by atoms with Gasteiger partial charge in [-0.1, -0.05) is 18.2 Å². The van der Waals surface area contributed by atoms with Gasteiger partial charge < -0.3 is 10.1 Å². The molecule has 0 bridgehead atoms. The Morgan fingerprint density at radius 2 is 1.86 bits per heavy atom. The zero-order valence-corrected chi connectivity index (χ0v) is 20.3. The number of nitriles is 1. The van der Waals surface area contributed by atoms with Gasteiger partial charge >= 0.3 is 0 Å². The van der Waals surface area contributed by atoms with Gasteiger partial charge in [-0.05, 0) is 67.6 Å². The Hall–Kier alpha value is -4.02. The summed E-state index contributed by atoms with van der Waals surface area (Å²) in [5.41, 5.74) is 2.46. The van der Waals surface area contributed by atoms with Gasteiger partial charge in [0.2, 0.25) is 0 Å². The highest BCUT2D eigenvalue weighted by Gasteiger charge is 2.45. The van der Waals surface area contributed by atoms with Gasteiger partial charge in [-0.3, -0.25) is 9.59 Å². The molecule has 0 radical (unpaired) electrons. The van der Waals surface area contributed by atoms with Crippen LogP contribution in [0.1, 0.15) is 46.6 Å². The number of ketones is 1. The fourth-order valence-electron chi connectivity index (χ4n) is 4.32. The summed E-state index contributed by atoms with van der Waals surface area (Å²) in [6.45, 7) is 0. The van der Waals surface area contributed by atoms with Gasteiger partial charge in [0.05, 0.1) is 28.1 Å². The van der Waals surface area contributed by atoms with Gasteiger partial charge in [-0.25, -0.2) is 4.98 Å². The maximum absolute atomic E-state index is 12.9. The van der Waals surface area contributed by atoms with Crippen LogP contribution in [0.2, 0.25) is 0 Å². The summed E-state index contributed by atoms with van der Waals surface area (Å²) in [6.07, 6.45) is 4.09. The molecule has 6 rings (SSSR count). The van der Waals surface area contributed by atoms with Crippen molar-refractivity contribution in [2.45, 2.75) is 37.5 Å². The van der Waals surface area contributed by atoms with Gasteiger partial charge in [0.1, 0.15) is 22.3 Å². The minimum Gasteiger partial charge on any atom is -0.457 e. The molecule has 1 aromatic heterocycles. The number of hydrogen-bond acceptors (Lipinski definition) is 6. The van der Waals surface area contributed by atoms with Gasteiger partial charge in [-0.15, -0.1) is 11.3 Å². The Labute approximate surface area is 212 Å². The number of aromatic nitrogens is 1. The average molecular weight is 494 g/mol. The molecule has 2 fully saturated rings. The zero-order chi connectivity index (χ0) is 24.7. The number of rotatable bonds is 8. The summed E-state index contributed by atoms with van der Waals surface area (Å²) < 4.78 is 7.04. The summed E-state index contributed by atoms with van der Waals surface area (Å²) in [5, 5.41) is 13.2. The van der Waals surface area contributed by atoms with Crippen molar-refractivity contribution in [1.29, 1.82) is 5.26 Å². The number of nitrogens with one attached hydrogen (secondary N) is 1. The molecule has 1 N–H and O–H groups in total. The number of thiazole rings is 1. The van der Waals surface area contributed by atoms with Crippen LogP contribution in [0.5, 0.6) is 11.5 Å². The van der Waals surface area contributed by atoms with Crippen molar-refractivity contribution in [2.24, 2.45) is 5.92 Å². The largest absolute Gasteiger partial charge is 0.457 e. The lowest BCUT2D eigenvalue weighted by atomic mass is 9.96. The van der Waals surface area contributed by atoms with E-state index in [1.807, 2.05) is 54.6 Å². The van der Waals surface area contributed by atoms with Crippen LogP contribution in [0.4, 0.5) is 5.69 Å². The molecule has 2 aliphatic carbocycles. The third-order valence-corrected chi connectivity index (χ3v) is 7.75. The van der Waals surface area contributed by atoms with Crippen molar-refractivity contribution in [1.82, 2.24) is 4.98 Å². The van der Waals surface area contributed by atoms with E-state index in [1.54, 1.807) is 12.1 Å². The van der Waals surface area contributed by atoms with E-state index in [4.69, 9.17) is 4.74 Å².